The molecule has 45 heavy (non-hydrogen) atoms. The van der Waals surface area contributed by atoms with E-state index in [1.807, 2.05) is 0 Å². The van der Waals surface area contributed by atoms with Crippen LogP contribution < -0.4 is 10.2 Å². The Balaban J connectivity index is 2.11. The second-order valence-electron chi connectivity index (χ2n) is 9.08. The fourth-order valence-electron chi connectivity index (χ4n) is 3.99. The molecule has 0 radical (unpaired) electrons. The molecule has 244 valence electrons. The van der Waals surface area contributed by atoms with E-state index >= 15 is 4.39 Å². The number of methoxy groups -OCH3 is 1. The van der Waals surface area contributed by atoms with Crippen molar-refractivity contribution in [3.05, 3.63) is 93.0 Å². The smallest absolute Gasteiger partial charge is 0.383 e. The van der Waals surface area contributed by atoms with Gasteiger partial charge in [-0.05, 0) is 64.5 Å². The zero-order chi connectivity index (χ0) is 34.1. The second kappa shape index (κ2) is 12.9. The summed E-state index contributed by atoms with van der Waals surface area (Å²) in [6, 6.07) is 5.72. The van der Waals surface area contributed by atoms with Crippen LogP contribution in [-0.4, -0.2) is 44.4 Å². The maximum atomic E-state index is 15.7. The van der Waals surface area contributed by atoms with Crippen molar-refractivity contribution in [2.24, 2.45) is 0 Å². The summed E-state index contributed by atoms with van der Waals surface area (Å²) >= 11 is 2.35. The van der Waals surface area contributed by atoms with Crippen molar-refractivity contribution in [2.75, 3.05) is 30.5 Å². The lowest BCUT2D eigenvalue weighted by molar-refractivity contribution is -0.348. The van der Waals surface area contributed by atoms with E-state index in [0.717, 1.165) is 47.4 Å². The minimum absolute atomic E-state index is 0.137. The summed E-state index contributed by atoms with van der Waals surface area (Å²) in [6.07, 6.45) is -19.3. The summed E-state index contributed by atoms with van der Waals surface area (Å²) in [5.74, 6) is -4.79. The quantitative estimate of drug-likeness (QED) is 0.237. The Labute approximate surface area is 253 Å². The highest BCUT2D eigenvalue weighted by Crippen LogP contribution is 2.55. The first-order chi connectivity index (χ1) is 20.6. The number of carbonyl (C=O) groups is 2. The number of hydrogen-bond acceptors (Lipinski definition) is 3. The van der Waals surface area contributed by atoms with E-state index in [0.29, 0.717) is 0 Å². The lowest BCUT2D eigenvalue weighted by Gasteiger charge is -2.31. The van der Waals surface area contributed by atoms with Crippen LogP contribution in [0.3, 0.4) is 0 Å². The summed E-state index contributed by atoms with van der Waals surface area (Å²) in [6.45, 7) is -0.535. The molecule has 2 amide bonds. The van der Waals surface area contributed by atoms with Crippen LogP contribution in [0.5, 0.6) is 0 Å². The molecule has 3 rings (SSSR count). The number of nitrogens with one attached hydrogen (secondary N) is 1. The maximum Gasteiger partial charge on any atom is 0.435 e. The molecule has 1 N–H and O–H groups in total. The van der Waals surface area contributed by atoms with Crippen molar-refractivity contribution in [1.29, 1.82) is 0 Å². The van der Waals surface area contributed by atoms with Gasteiger partial charge in [0, 0.05) is 29.3 Å². The van der Waals surface area contributed by atoms with Gasteiger partial charge in [-0.2, -0.15) is 39.5 Å². The Morgan fingerprint density at radius 1 is 0.867 bits per heavy atom. The predicted octanol–water partition coefficient (Wildman–Crippen LogP) is 8.58. The van der Waals surface area contributed by atoms with Gasteiger partial charge >= 0.3 is 24.2 Å². The molecule has 0 aliphatic heterocycles. The highest BCUT2D eigenvalue weighted by molar-refractivity contribution is 9.10. The first kappa shape index (κ1) is 35.7. The summed E-state index contributed by atoms with van der Waals surface area (Å²) in [4.78, 5) is 26.9. The van der Waals surface area contributed by atoms with Crippen LogP contribution in [0.2, 0.25) is 0 Å². The fourth-order valence-corrected chi connectivity index (χ4v) is 4.55. The lowest BCUT2D eigenvalue weighted by Crippen LogP contribution is -2.50. The van der Waals surface area contributed by atoms with Crippen LogP contribution >= 0.6 is 15.9 Å². The molecule has 0 saturated carbocycles. The number of ether oxygens (including phenoxy) is 1. The van der Waals surface area contributed by atoms with Gasteiger partial charge in [-0.25, -0.2) is 13.2 Å². The zero-order valence-electron chi connectivity index (χ0n) is 22.2. The second-order valence-corrected chi connectivity index (χ2v) is 9.94. The minimum Gasteiger partial charge on any atom is -0.383 e. The molecule has 0 bridgehead atoms. The number of rotatable bonds is 8. The Morgan fingerprint density at radius 3 is 1.96 bits per heavy atom. The normalized spacial score (nSPS) is 12.7. The monoisotopic (exact) mass is 724 g/mol. The Kier molecular flexibility index (Phi) is 10.2. The van der Waals surface area contributed by atoms with Crippen molar-refractivity contribution in [1.82, 2.24) is 0 Å². The minimum atomic E-state index is -6.75. The molecule has 3 aromatic carbocycles. The Bertz CT molecular complexity index is 1560. The number of halogens is 13. The van der Waals surface area contributed by atoms with Gasteiger partial charge in [-0.15, -0.1) is 0 Å². The highest BCUT2D eigenvalue weighted by atomic mass is 79.9. The first-order valence-electron chi connectivity index (χ1n) is 12.0. The average Bonchev–Trinajstić information content (AvgIpc) is 2.92. The van der Waals surface area contributed by atoms with Gasteiger partial charge in [-0.1, -0.05) is 6.07 Å². The van der Waals surface area contributed by atoms with Crippen LogP contribution in [-0.2, 0) is 16.6 Å². The van der Waals surface area contributed by atoms with Crippen LogP contribution in [0.25, 0.3) is 0 Å². The molecule has 5 nitrogen and oxygen atoms in total. The average molecular weight is 725 g/mol. The van der Waals surface area contributed by atoms with Crippen LogP contribution in [0.1, 0.15) is 31.8 Å². The Hall–Kier alpha value is -3.80. The predicted molar refractivity (Wildman–Crippen MR) is 138 cm³/mol. The third kappa shape index (κ3) is 7.21. The third-order valence-electron chi connectivity index (χ3n) is 6.18. The summed E-state index contributed by atoms with van der Waals surface area (Å²) < 4.78 is 168. The number of carbonyl (C=O) groups excluding carboxylic acids is 2. The molecule has 3 aromatic rings. The number of anilines is 2. The summed E-state index contributed by atoms with van der Waals surface area (Å²) in [5, 5.41) is 1.57. The largest absolute Gasteiger partial charge is 0.435 e. The molecule has 0 spiro atoms. The highest BCUT2D eigenvalue weighted by Gasteiger charge is 2.73. The van der Waals surface area contributed by atoms with Gasteiger partial charge in [0.1, 0.15) is 5.82 Å². The molecule has 0 unspecified atom stereocenters. The van der Waals surface area contributed by atoms with Crippen molar-refractivity contribution < 1.29 is 67.0 Å². The molecule has 0 aliphatic carbocycles. The number of hydrogen-bond donors (Lipinski definition) is 1. The maximum absolute atomic E-state index is 15.7. The Morgan fingerprint density at radius 2 is 1.44 bits per heavy atom. The van der Waals surface area contributed by atoms with Gasteiger partial charge in [0.2, 0.25) is 0 Å². The number of benzene rings is 3. The molecular formula is C27H17BrF12N2O3. The lowest BCUT2D eigenvalue weighted by atomic mass is 9.92. The zero-order valence-corrected chi connectivity index (χ0v) is 23.8. The fraction of sp³-hybridized carbons (Fsp3) is 0.259. The van der Waals surface area contributed by atoms with Crippen molar-refractivity contribution in [3.63, 3.8) is 0 Å². The van der Waals surface area contributed by atoms with Gasteiger partial charge in [0.05, 0.1) is 29.1 Å². The van der Waals surface area contributed by atoms with Crippen molar-refractivity contribution >= 4 is 39.1 Å². The summed E-state index contributed by atoms with van der Waals surface area (Å²) in [5.41, 5.74) is -14.3. The number of alkyl halides is 10. The summed E-state index contributed by atoms with van der Waals surface area (Å²) in [7, 11) is 1.23. The van der Waals surface area contributed by atoms with Crippen LogP contribution in [0.4, 0.5) is 64.1 Å². The van der Waals surface area contributed by atoms with Crippen molar-refractivity contribution in [2.45, 2.75) is 24.2 Å². The van der Waals surface area contributed by atoms with E-state index in [1.165, 1.54) is 7.11 Å². The number of nitrogens with zero attached hydrogens (tertiary/aromatic N) is 1. The third-order valence-corrected chi connectivity index (χ3v) is 6.81. The SMILES string of the molecule is COCCN(C(=O)c1ccc(F)cc1)c1cccc(C(=O)Nc2c(Br)cc(C(F)(C(F)(F)F)C(F)(F)F)cc2C(F)(F)F)c1F. The molecule has 18 heteroatoms. The van der Waals surface area contributed by atoms with Gasteiger partial charge in [-0.3, -0.25) is 9.59 Å². The molecule has 0 saturated heterocycles. The van der Waals surface area contributed by atoms with E-state index in [-0.39, 0.29) is 24.8 Å². The molecule has 0 heterocycles. The molecular weight excluding hydrogens is 708 g/mol. The topological polar surface area (TPSA) is 58.6 Å². The standard InChI is InChI=1S/C27H17BrF12N2O3/c1-45-10-9-42(23(44)13-5-7-15(29)8-6-13)19-4-2-3-16(20(19)30)22(43)41-21-17(25(32,33)34)11-14(12-18(21)28)24(31,26(35,36)37)27(38,39)40/h2-8,11-12H,9-10H2,1H3,(H,41,43). The molecule has 0 atom stereocenters. The van der Waals surface area contributed by atoms with Gasteiger partial charge in [0.15, 0.2) is 5.82 Å². The number of amides is 2. The van der Waals surface area contributed by atoms with E-state index in [9.17, 15) is 57.9 Å². The van der Waals surface area contributed by atoms with Crippen LogP contribution in [0, 0.1) is 11.6 Å². The van der Waals surface area contributed by atoms with E-state index in [2.05, 4.69) is 15.9 Å². The van der Waals surface area contributed by atoms with E-state index in [1.54, 1.807) is 5.32 Å². The van der Waals surface area contributed by atoms with Gasteiger partial charge < -0.3 is 15.0 Å². The van der Waals surface area contributed by atoms with Crippen molar-refractivity contribution in [3.8, 4) is 0 Å². The van der Waals surface area contributed by atoms with E-state index < -0.39 is 86.3 Å². The first-order valence-corrected chi connectivity index (χ1v) is 12.8. The van der Waals surface area contributed by atoms with Crippen LogP contribution in [0.15, 0.2) is 59.1 Å². The van der Waals surface area contributed by atoms with E-state index in [4.69, 9.17) is 4.74 Å². The molecule has 0 aromatic heterocycles. The van der Waals surface area contributed by atoms with Gasteiger partial charge in [0.25, 0.3) is 11.8 Å². The molecule has 0 aliphatic rings. The molecule has 0 fully saturated rings.